The number of hydrogen-bond acceptors (Lipinski definition) is 6. The summed E-state index contributed by atoms with van der Waals surface area (Å²) in [6.07, 6.45) is 5.26. The largest absolute Gasteiger partial charge is 0.493 e. The second-order valence-corrected chi connectivity index (χ2v) is 6.53. The van der Waals surface area contributed by atoms with E-state index in [0.717, 1.165) is 25.7 Å². The Hall–Kier alpha value is -3.08. The number of amides is 1. The van der Waals surface area contributed by atoms with Crippen LogP contribution < -0.4 is 14.8 Å². The number of carbonyl (C=O) groups excluding carboxylic acids is 1. The van der Waals surface area contributed by atoms with Gasteiger partial charge in [0.05, 0.1) is 30.8 Å². The van der Waals surface area contributed by atoms with Crippen LogP contribution in [0.3, 0.4) is 0 Å². The molecule has 1 aliphatic rings. The minimum Gasteiger partial charge on any atom is -0.493 e. The zero-order chi connectivity index (χ0) is 20.0. The van der Waals surface area contributed by atoms with Crippen molar-refractivity contribution in [2.75, 3.05) is 14.2 Å². The Balaban J connectivity index is 2.37. The van der Waals surface area contributed by atoms with Crippen LogP contribution in [0.5, 0.6) is 11.5 Å². The molecule has 2 atom stereocenters. The number of nitrogens with one attached hydrogen (secondary N) is 1. The molecule has 0 aliphatic heterocycles. The van der Waals surface area contributed by atoms with Gasteiger partial charge in [0.25, 0.3) is 11.6 Å². The summed E-state index contributed by atoms with van der Waals surface area (Å²) in [6, 6.07) is 4.43. The molecule has 1 N–H and O–H groups in total. The van der Waals surface area contributed by atoms with Crippen LogP contribution in [-0.4, -0.2) is 31.1 Å². The van der Waals surface area contributed by atoms with Crippen LogP contribution >= 0.6 is 0 Å². The van der Waals surface area contributed by atoms with Crippen LogP contribution in [-0.2, 0) is 4.79 Å². The third-order valence-electron chi connectivity index (χ3n) is 4.82. The van der Waals surface area contributed by atoms with Gasteiger partial charge in [0.15, 0.2) is 11.5 Å². The summed E-state index contributed by atoms with van der Waals surface area (Å²) in [5.41, 5.74) is -0.372. The van der Waals surface area contributed by atoms with Gasteiger partial charge in [0.2, 0.25) is 0 Å². The molecule has 8 heteroatoms. The van der Waals surface area contributed by atoms with Crippen LogP contribution in [0, 0.1) is 27.4 Å². The number of nitrogens with zero attached hydrogens (tertiary/aromatic N) is 2. The second kappa shape index (κ2) is 9.03. The summed E-state index contributed by atoms with van der Waals surface area (Å²) in [7, 11) is 2.77. The minimum atomic E-state index is -0.593. The van der Waals surface area contributed by atoms with Crippen molar-refractivity contribution in [3.05, 3.63) is 33.4 Å². The molecule has 0 spiro atoms. The number of nitriles is 1. The summed E-state index contributed by atoms with van der Waals surface area (Å²) in [5, 5.41) is 23.7. The van der Waals surface area contributed by atoms with Crippen molar-refractivity contribution in [3.8, 4) is 17.6 Å². The van der Waals surface area contributed by atoms with Gasteiger partial charge in [-0.25, -0.2) is 0 Å². The van der Waals surface area contributed by atoms with E-state index in [1.165, 1.54) is 32.4 Å². The number of benzene rings is 1. The van der Waals surface area contributed by atoms with Crippen molar-refractivity contribution in [2.45, 2.75) is 38.6 Å². The summed E-state index contributed by atoms with van der Waals surface area (Å²) < 4.78 is 10.2. The molecule has 0 radical (unpaired) electrons. The minimum absolute atomic E-state index is 0.00314. The average Bonchev–Trinajstić information content (AvgIpc) is 2.66. The van der Waals surface area contributed by atoms with Crippen LogP contribution in [0.15, 0.2) is 17.7 Å². The van der Waals surface area contributed by atoms with Crippen LogP contribution in [0.1, 0.15) is 38.2 Å². The van der Waals surface area contributed by atoms with Gasteiger partial charge in [-0.2, -0.15) is 5.26 Å². The molecule has 1 aliphatic carbocycles. The van der Waals surface area contributed by atoms with Crippen LogP contribution in [0.2, 0.25) is 0 Å². The van der Waals surface area contributed by atoms with Gasteiger partial charge in [-0.15, -0.1) is 0 Å². The highest BCUT2D eigenvalue weighted by Crippen LogP contribution is 2.35. The molecular formula is C19H23N3O5. The van der Waals surface area contributed by atoms with Crippen LogP contribution in [0.25, 0.3) is 6.08 Å². The molecular weight excluding hydrogens is 350 g/mol. The summed E-state index contributed by atoms with van der Waals surface area (Å²) >= 11 is 0. The molecule has 0 bridgehead atoms. The quantitative estimate of drug-likeness (QED) is 0.354. The lowest BCUT2D eigenvalue weighted by molar-refractivity contribution is -0.385. The van der Waals surface area contributed by atoms with Gasteiger partial charge in [-0.1, -0.05) is 19.8 Å². The Kier molecular flexibility index (Phi) is 6.77. The van der Waals surface area contributed by atoms with E-state index in [2.05, 4.69) is 12.2 Å². The fraction of sp³-hybridized carbons (Fsp3) is 0.474. The first-order valence-corrected chi connectivity index (χ1v) is 8.74. The lowest BCUT2D eigenvalue weighted by Gasteiger charge is -2.29. The predicted molar refractivity (Wildman–Crippen MR) is 99.4 cm³/mol. The number of hydrogen-bond donors (Lipinski definition) is 1. The molecule has 1 saturated carbocycles. The fourth-order valence-corrected chi connectivity index (χ4v) is 3.24. The summed E-state index contributed by atoms with van der Waals surface area (Å²) in [6.45, 7) is 2.07. The second-order valence-electron chi connectivity index (χ2n) is 6.53. The van der Waals surface area contributed by atoms with E-state index in [9.17, 15) is 20.2 Å². The Morgan fingerprint density at radius 1 is 1.30 bits per heavy atom. The Bertz CT molecular complexity index is 797. The number of carbonyl (C=O) groups is 1. The van der Waals surface area contributed by atoms with Gasteiger partial charge < -0.3 is 14.8 Å². The van der Waals surface area contributed by atoms with Crippen molar-refractivity contribution in [1.82, 2.24) is 5.32 Å². The predicted octanol–water partition coefficient (Wildman–Crippen LogP) is 3.21. The highest BCUT2D eigenvalue weighted by Gasteiger charge is 2.25. The number of methoxy groups -OCH3 is 2. The van der Waals surface area contributed by atoms with Crippen molar-refractivity contribution < 1.29 is 19.2 Å². The van der Waals surface area contributed by atoms with Gasteiger partial charge >= 0.3 is 0 Å². The van der Waals surface area contributed by atoms with Crippen molar-refractivity contribution >= 4 is 17.7 Å². The lowest BCUT2D eigenvalue weighted by Crippen LogP contribution is -2.41. The van der Waals surface area contributed by atoms with Crippen molar-refractivity contribution in [2.24, 2.45) is 5.92 Å². The number of nitro groups is 1. The lowest BCUT2D eigenvalue weighted by atomic mass is 9.86. The maximum absolute atomic E-state index is 12.5. The first-order valence-electron chi connectivity index (χ1n) is 8.74. The zero-order valence-electron chi connectivity index (χ0n) is 15.7. The molecule has 1 amide bonds. The zero-order valence-corrected chi connectivity index (χ0v) is 15.7. The van der Waals surface area contributed by atoms with Crippen molar-refractivity contribution in [1.29, 1.82) is 5.26 Å². The van der Waals surface area contributed by atoms with Gasteiger partial charge in [-0.3, -0.25) is 14.9 Å². The first kappa shape index (κ1) is 20.2. The van der Waals surface area contributed by atoms with E-state index in [1.54, 1.807) is 0 Å². The molecule has 2 rings (SSSR count). The van der Waals surface area contributed by atoms with E-state index >= 15 is 0 Å². The van der Waals surface area contributed by atoms with Crippen LogP contribution in [0.4, 0.5) is 5.69 Å². The van der Waals surface area contributed by atoms with Gasteiger partial charge in [-0.05, 0) is 30.9 Å². The van der Waals surface area contributed by atoms with E-state index < -0.39 is 10.8 Å². The molecule has 1 aromatic rings. The normalized spacial score (nSPS) is 19.7. The molecule has 0 heterocycles. The van der Waals surface area contributed by atoms with E-state index in [-0.39, 0.29) is 34.4 Å². The number of ether oxygens (including phenoxy) is 2. The molecule has 1 aromatic carbocycles. The maximum atomic E-state index is 12.5. The average molecular weight is 373 g/mol. The fourth-order valence-electron chi connectivity index (χ4n) is 3.24. The number of rotatable bonds is 6. The molecule has 144 valence electrons. The molecule has 0 aromatic heterocycles. The Morgan fingerprint density at radius 2 is 1.93 bits per heavy atom. The van der Waals surface area contributed by atoms with E-state index in [1.807, 2.05) is 6.07 Å². The van der Waals surface area contributed by atoms with Gasteiger partial charge in [0, 0.05) is 6.04 Å². The molecule has 27 heavy (non-hydrogen) atoms. The van der Waals surface area contributed by atoms with E-state index in [4.69, 9.17) is 9.47 Å². The molecule has 2 unspecified atom stereocenters. The Morgan fingerprint density at radius 3 is 2.48 bits per heavy atom. The molecule has 0 saturated heterocycles. The first-order chi connectivity index (χ1) is 12.9. The molecule has 8 nitrogen and oxygen atoms in total. The maximum Gasteiger partial charge on any atom is 0.280 e. The Labute approximate surface area is 157 Å². The highest BCUT2D eigenvalue weighted by molar-refractivity contribution is 6.02. The number of nitro benzene ring substituents is 1. The topological polar surface area (TPSA) is 114 Å². The van der Waals surface area contributed by atoms with Gasteiger partial charge in [0.1, 0.15) is 11.6 Å². The van der Waals surface area contributed by atoms with E-state index in [0.29, 0.717) is 5.92 Å². The SMILES string of the molecule is COc1cc(/C=C(\C#N)C(=O)NC2CCCCC2C)c([N+](=O)[O-])cc1OC. The monoisotopic (exact) mass is 373 g/mol. The third-order valence-corrected chi connectivity index (χ3v) is 4.82. The smallest absolute Gasteiger partial charge is 0.280 e. The summed E-state index contributed by atoms with van der Waals surface area (Å²) in [4.78, 5) is 23.3. The third kappa shape index (κ3) is 4.76. The highest BCUT2D eigenvalue weighted by atomic mass is 16.6. The standard InChI is InChI=1S/C19H23N3O5/c1-12-6-4-5-7-15(12)21-19(23)14(11-20)8-13-9-17(26-2)18(27-3)10-16(13)22(24)25/h8-10,12,15H,4-7H2,1-3H3,(H,21,23)/b14-8+. The summed E-state index contributed by atoms with van der Waals surface area (Å²) in [5.74, 6) is 0.270. The molecule has 1 fully saturated rings. The van der Waals surface area contributed by atoms with Crippen molar-refractivity contribution in [3.63, 3.8) is 0 Å².